The monoisotopic (exact) mass is 368 g/mol. The van der Waals surface area contributed by atoms with Crippen molar-refractivity contribution < 1.29 is 4.39 Å². The number of aromatic nitrogens is 2. The van der Waals surface area contributed by atoms with Crippen molar-refractivity contribution in [2.45, 2.75) is 13.5 Å². The molecule has 0 N–H and O–H groups in total. The molecule has 0 aliphatic rings. The molecule has 2 nitrogen and oxygen atoms in total. The summed E-state index contributed by atoms with van der Waals surface area (Å²) < 4.78 is 16.4. The molecule has 0 unspecified atom stereocenters. The fraction of sp³-hybridized carbons (Fsp3) is 0.222. The first kappa shape index (κ1) is 10.4. The molecule has 0 fully saturated rings. The summed E-state index contributed by atoms with van der Waals surface area (Å²) in [4.78, 5) is 0. The quantitative estimate of drug-likeness (QED) is 0.704. The molecule has 1 aromatic carbocycles. The predicted molar refractivity (Wildman–Crippen MR) is 65.8 cm³/mol. The topological polar surface area (TPSA) is 17.8 Å². The van der Waals surface area contributed by atoms with Gasteiger partial charge in [-0.05, 0) is 57.6 Å². The van der Waals surface area contributed by atoms with Crippen molar-refractivity contribution in [1.82, 2.24) is 9.78 Å². The van der Waals surface area contributed by atoms with Gasteiger partial charge in [0.05, 0.1) is 9.99 Å². The minimum absolute atomic E-state index is 0.244. The van der Waals surface area contributed by atoms with E-state index < -0.39 is 0 Å². The van der Waals surface area contributed by atoms with Crippen LogP contribution < -0.4 is 0 Å². The molecule has 1 aromatic heterocycles. The standard InChI is InChI=1S/C9H7BrFIN2/c1-2-14-8-4-6(10)7(11)3-5(8)9(12)13-14/h3-4H,2H2,1H3. The Balaban J connectivity index is 2.84. The molecule has 14 heavy (non-hydrogen) atoms. The smallest absolute Gasteiger partial charge is 0.138 e. The van der Waals surface area contributed by atoms with E-state index in [1.54, 1.807) is 6.07 Å². The van der Waals surface area contributed by atoms with Gasteiger partial charge in [-0.3, -0.25) is 4.68 Å². The van der Waals surface area contributed by atoms with Crippen LogP contribution in [0.1, 0.15) is 6.92 Å². The number of rotatable bonds is 1. The molecule has 0 aliphatic heterocycles. The zero-order valence-corrected chi connectivity index (χ0v) is 11.1. The lowest BCUT2D eigenvalue weighted by Gasteiger charge is -1.99. The third-order valence-corrected chi connectivity index (χ3v) is 3.45. The predicted octanol–water partition coefficient (Wildman–Crippen LogP) is 3.56. The van der Waals surface area contributed by atoms with Crippen LogP contribution >= 0.6 is 38.5 Å². The van der Waals surface area contributed by atoms with Gasteiger partial charge in [0.1, 0.15) is 9.52 Å². The summed E-state index contributed by atoms with van der Waals surface area (Å²) in [5, 5.41) is 5.17. The fourth-order valence-electron chi connectivity index (χ4n) is 1.37. The van der Waals surface area contributed by atoms with Crippen molar-refractivity contribution in [3.8, 4) is 0 Å². The van der Waals surface area contributed by atoms with Crippen molar-refractivity contribution in [2.75, 3.05) is 0 Å². The second-order valence-corrected chi connectivity index (χ2v) is 4.77. The van der Waals surface area contributed by atoms with Crippen molar-refractivity contribution in [3.63, 3.8) is 0 Å². The van der Waals surface area contributed by atoms with Gasteiger partial charge in [-0.15, -0.1) is 0 Å². The van der Waals surface area contributed by atoms with Crippen LogP contribution in [0.5, 0.6) is 0 Å². The molecule has 0 spiro atoms. The number of hydrogen-bond acceptors (Lipinski definition) is 1. The van der Waals surface area contributed by atoms with Gasteiger partial charge in [-0.2, -0.15) is 5.10 Å². The van der Waals surface area contributed by atoms with E-state index in [4.69, 9.17) is 0 Å². The van der Waals surface area contributed by atoms with Crippen LogP contribution in [0.15, 0.2) is 16.6 Å². The van der Waals surface area contributed by atoms with Gasteiger partial charge in [0.15, 0.2) is 0 Å². The number of nitrogens with zero attached hydrogens (tertiary/aromatic N) is 2. The van der Waals surface area contributed by atoms with Crippen LogP contribution in [0, 0.1) is 9.52 Å². The molecular formula is C9H7BrFIN2. The Kier molecular flexibility index (Phi) is 2.79. The summed E-state index contributed by atoms with van der Waals surface area (Å²) in [6.07, 6.45) is 0. The Labute approximate surface area is 103 Å². The van der Waals surface area contributed by atoms with E-state index >= 15 is 0 Å². The van der Waals surface area contributed by atoms with Gasteiger partial charge in [0.2, 0.25) is 0 Å². The lowest BCUT2D eigenvalue weighted by Crippen LogP contribution is -1.95. The average molecular weight is 369 g/mol. The molecule has 0 saturated carbocycles. The van der Waals surface area contributed by atoms with Gasteiger partial charge in [0.25, 0.3) is 0 Å². The largest absolute Gasteiger partial charge is 0.264 e. The molecule has 0 aliphatic carbocycles. The van der Waals surface area contributed by atoms with E-state index in [9.17, 15) is 4.39 Å². The summed E-state index contributed by atoms with van der Waals surface area (Å²) in [6, 6.07) is 3.28. The number of fused-ring (bicyclic) bond motifs is 1. The fourth-order valence-corrected chi connectivity index (χ4v) is 2.39. The number of hydrogen-bond donors (Lipinski definition) is 0. The van der Waals surface area contributed by atoms with E-state index in [0.717, 1.165) is 21.1 Å². The van der Waals surface area contributed by atoms with Gasteiger partial charge in [0, 0.05) is 11.9 Å². The van der Waals surface area contributed by atoms with Gasteiger partial charge in [-0.25, -0.2) is 4.39 Å². The number of aryl methyl sites for hydroxylation is 1. The second kappa shape index (κ2) is 3.77. The molecule has 0 bridgehead atoms. The molecule has 1 heterocycles. The molecular weight excluding hydrogens is 362 g/mol. The van der Waals surface area contributed by atoms with E-state index in [1.807, 2.05) is 11.6 Å². The minimum atomic E-state index is -0.244. The zero-order valence-electron chi connectivity index (χ0n) is 7.39. The van der Waals surface area contributed by atoms with Crippen LogP contribution in [0.25, 0.3) is 10.9 Å². The van der Waals surface area contributed by atoms with E-state index in [2.05, 4.69) is 43.6 Å². The molecule has 0 saturated heterocycles. The Bertz CT molecular complexity index is 495. The Morgan fingerprint density at radius 1 is 1.57 bits per heavy atom. The van der Waals surface area contributed by atoms with Crippen LogP contribution in [0.3, 0.4) is 0 Å². The molecule has 74 valence electrons. The molecule has 0 radical (unpaired) electrons. The SMILES string of the molecule is CCn1nc(I)c2cc(F)c(Br)cc21. The van der Waals surface area contributed by atoms with Crippen LogP contribution in [0.4, 0.5) is 4.39 Å². The molecule has 0 amide bonds. The number of halogens is 3. The first-order chi connectivity index (χ1) is 6.63. The minimum Gasteiger partial charge on any atom is -0.264 e. The highest BCUT2D eigenvalue weighted by Gasteiger charge is 2.10. The van der Waals surface area contributed by atoms with Crippen LogP contribution in [0.2, 0.25) is 0 Å². The van der Waals surface area contributed by atoms with E-state index in [1.165, 1.54) is 6.07 Å². The normalized spacial score (nSPS) is 11.1. The zero-order chi connectivity index (χ0) is 10.3. The third-order valence-electron chi connectivity index (χ3n) is 2.05. The third kappa shape index (κ3) is 1.56. The van der Waals surface area contributed by atoms with Gasteiger partial charge >= 0.3 is 0 Å². The Morgan fingerprint density at radius 3 is 2.93 bits per heavy atom. The Hall–Kier alpha value is -0.170. The van der Waals surface area contributed by atoms with Crippen molar-refractivity contribution in [2.24, 2.45) is 0 Å². The maximum atomic E-state index is 13.3. The summed E-state index contributed by atoms with van der Waals surface area (Å²) in [5.74, 6) is -0.244. The van der Waals surface area contributed by atoms with E-state index in [-0.39, 0.29) is 5.82 Å². The second-order valence-electron chi connectivity index (χ2n) is 2.89. The molecule has 0 atom stereocenters. The highest BCUT2D eigenvalue weighted by molar-refractivity contribution is 14.1. The van der Waals surface area contributed by atoms with E-state index in [0.29, 0.717) is 4.47 Å². The molecule has 2 aromatic rings. The van der Waals surface area contributed by atoms with Gasteiger partial charge in [-0.1, -0.05) is 0 Å². The molecule has 2 rings (SSSR count). The first-order valence-corrected chi connectivity index (χ1v) is 6.01. The van der Waals surface area contributed by atoms with Crippen molar-refractivity contribution in [1.29, 1.82) is 0 Å². The molecule has 5 heteroatoms. The first-order valence-electron chi connectivity index (χ1n) is 4.14. The lowest BCUT2D eigenvalue weighted by atomic mass is 10.2. The van der Waals surface area contributed by atoms with Crippen LogP contribution in [-0.4, -0.2) is 9.78 Å². The van der Waals surface area contributed by atoms with Crippen LogP contribution in [-0.2, 0) is 6.54 Å². The summed E-state index contributed by atoms with van der Waals surface area (Å²) in [6.45, 7) is 2.80. The average Bonchev–Trinajstić information content (AvgIpc) is 2.45. The highest BCUT2D eigenvalue weighted by Crippen LogP contribution is 2.26. The van der Waals surface area contributed by atoms with Gasteiger partial charge < -0.3 is 0 Å². The summed E-state index contributed by atoms with van der Waals surface area (Å²) in [5.41, 5.74) is 0.963. The summed E-state index contributed by atoms with van der Waals surface area (Å²) >= 11 is 5.29. The van der Waals surface area contributed by atoms with Crippen molar-refractivity contribution in [3.05, 3.63) is 26.1 Å². The lowest BCUT2D eigenvalue weighted by molar-refractivity contribution is 0.622. The maximum absolute atomic E-state index is 13.3. The number of benzene rings is 1. The maximum Gasteiger partial charge on any atom is 0.138 e. The highest BCUT2D eigenvalue weighted by atomic mass is 127. The van der Waals surface area contributed by atoms with Crippen molar-refractivity contribution >= 4 is 49.4 Å². The Morgan fingerprint density at radius 2 is 2.29 bits per heavy atom. The summed E-state index contributed by atoms with van der Waals surface area (Å²) in [7, 11) is 0.